The molecule has 0 spiro atoms. The number of nitrogens with zero attached hydrogens (tertiary/aromatic N) is 2. The van der Waals surface area contributed by atoms with E-state index in [2.05, 4.69) is 15.7 Å². The van der Waals surface area contributed by atoms with E-state index in [-0.39, 0.29) is 0 Å². The van der Waals surface area contributed by atoms with E-state index in [1.165, 1.54) is 19.4 Å². The van der Waals surface area contributed by atoms with Gasteiger partial charge in [0.15, 0.2) is 0 Å². The van der Waals surface area contributed by atoms with Crippen LogP contribution in [0.5, 0.6) is 0 Å². The predicted octanol–water partition coefficient (Wildman–Crippen LogP) is 3.22. The summed E-state index contributed by atoms with van der Waals surface area (Å²) in [6, 6.07) is 8.56. The van der Waals surface area contributed by atoms with Gasteiger partial charge in [0.2, 0.25) is 0 Å². The molecule has 1 unspecified atom stereocenters. The fraction of sp³-hybridized carbons (Fsp3) is 0.500. The van der Waals surface area contributed by atoms with Gasteiger partial charge in [-0.15, -0.1) is 12.3 Å². The standard InChI is InChI=1S/C20H24N2O2/c1-2-16-12-22-8-7-17(16)11-18(22)13-21(14-19-5-3-9-23-19)15-20-6-4-10-24-20/h1,3-6,9-10,16-18H,7-8,11-15H2/t16-,17+,18-/m1/s1. The highest BCUT2D eigenvalue weighted by molar-refractivity contribution is 5.06. The molecule has 5 rings (SSSR count). The van der Waals surface area contributed by atoms with Crippen molar-refractivity contribution in [3.63, 3.8) is 0 Å². The van der Waals surface area contributed by atoms with Crippen molar-refractivity contribution < 1.29 is 8.83 Å². The van der Waals surface area contributed by atoms with Gasteiger partial charge in [0.05, 0.1) is 25.6 Å². The van der Waals surface area contributed by atoms with Crippen LogP contribution in [0.25, 0.3) is 0 Å². The third-order valence-corrected chi connectivity index (χ3v) is 5.48. The third-order valence-electron chi connectivity index (χ3n) is 5.48. The van der Waals surface area contributed by atoms with Crippen LogP contribution in [0, 0.1) is 24.2 Å². The van der Waals surface area contributed by atoms with Crippen LogP contribution < -0.4 is 0 Å². The zero-order valence-electron chi connectivity index (χ0n) is 13.9. The molecule has 2 aromatic rings. The number of piperidine rings is 3. The Bertz CT molecular complexity index is 635. The first-order chi connectivity index (χ1) is 11.8. The van der Waals surface area contributed by atoms with Gasteiger partial charge in [-0.25, -0.2) is 0 Å². The molecule has 0 radical (unpaired) electrons. The highest BCUT2D eigenvalue weighted by Gasteiger charge is 2.39. The Labute approximate surface area is 143 Å². The molecule has 0 saturated carbocycles. The molecule has 4 atom stereocenters. The number of hydrogen-bond donors (Lipinski definition) is 0. The maximum atomic E-state index is 5.71. The number of fused-ring (bicyclic) bond motifs is 3. The van der Waals surface area contributed by atoms with Gasteiger partial charge in [0.1, 0.15) is 11.5 Å². The number of rotatable bonds is 6. The largest absolute Gasteiger partial charge is 0.468 e. The van der Waals surface area contributed by atoms with Crippen LogP contribution in [0.4, 0.5) is 0 Å². The van der Waals surface area contributed by atoms with Gasteiger partial charge in [-0.05, 0) is 49.6 Å². The molecule has 5 heterocycles. The summed E-state index contributed by atoms with van der Waals surface area (Å²) in [5, 5.41) is 0. The molecule has 4 heteroatoms. The molecule has 2 aromatic heterocycles. The predicted molar refractivity (Wildman–Crippen MR) is 91.9 cm³/mol. The molecule has 126 valence electrons. The van der Waals surface area contributed by atoms with Gasteiger partial charge in [-0.1, -0.05) is 0 Å². The zero-order valence-corrected chi connectivity index (χ0v) is 13.9. The normalized spacial score (nSPS) is 29.0. The fourth-order valence-electron chi connectivity index (χ4n) is 4.25. The highest BCUT2D eigenvalue weighted by atomic mass is 16.3. The Morgan fingerprint density at radius 2 is 1.88 bits per heavy atom. The number of hydrogen-bond acceptors (Lipinski definition) is 4. The smallest absolute Gasteiger partial charge is 0.117 e. The Morgan fingerprint density at radius 3 is 2.38 bits per heavy atom. The maximum Gasteiger partial charge on any atom is 0.117 e. The second kappa shape index (κ2) is 6.88. The summed E-state index contributed by atoms with van der Waals surface area (Å²) in [5.74, 6) is 6.13. The molecule has 0 amide bonds. The minimum Gasteiger partial charge on any atom is -0.468 e. The van der Waals surface area contributed by atoms with Crippen LogP contribution in [-0.4, -0.2) is 35.5 Å². The van der Waals surface area contributed by atoms with E-state index in [4.69, 9.17) is 15.3 Å². The van der Waals surface area contributed by atoms with Crippen molar-refractivity contribution in [3.8, 4) is 12.3 Å². The minimum absolute atomic E-state index is 0.443. The van der Waals surface area contributed by atoms with E-state index in [9.17, 15) is 0 Å². The van der Waals surface area contributed by atoms with Crippen LogP contribution in [0.15, 0.2) is 45.6 Å². The first-order valence-corrected chi connectivity index (χ1v) is 8.79. The highest BCUT2D eigenvalue weighted by Crippen LogP contribution is 2.36. The van der Waals surface area contributed by atoms with Crippen LogP contribution in [0.1, 0.15) is 24.4 Å². The van der Waals surface area contributed by atoms with Gasteiger partial charge >= 0.3 is 0 Å². The van der Waals surface area contributed by atoms with Gasteiger partial charge in [-0.3, -0.25) is 9.80 Å². The van der Waals surface area contributed by atoms with E-state index in [0.717, 1.165) is 37.7 Å². The lowest BCUT2D eigenvalue weighted by molar-refractivity contribution is 0.00105. The topological polar surface area (TPSA) is 32.8 Å². The summed E-state index contributed by atoms with van der Waals surface area (Å²) >= 11 is 0. The second-order valence-electron chi connectivity index (χ2n) is 7.03. The van der Waals surface area contributed by atoms with Crippen molar-refractivity contribution in [2.45, 2.75) is 32.0 Å². The molecule has 3 aliphatic rings. The van der Waals surface area contributed by atoms with E-state index in [1.807, 2.05) is 24.3 Å². The van der Waals surface area contributed by atoms with Crippen LogP contribution in [-0.2, 0) is 13.1 Å². The molecule has 4 nitrogen and oxygen atoms in total. The first-order valence-electron chi connectivity index (χ1n) is 8.79. The molecule has 2 bridgehead atoms. The van der Waals surface area contributed by atoms with E-state index in [0.29, 0.717) is 17.9 Å². The molecule has 3 fully saturated rings. The van der Waals surface area contributed by atoms with Gasteiger partial charge in [0, 0.05) is 25.0 Å². The second-order valence-corrected chi connectivity index (χ2v) is 7.03. The monoisotopic (exact) mass is 324 g/mol. The van der Waals surface area contributed by atoms with E-state index >= 15 is 0 Å². The molecule has 3 aliphatic heterocycles. The van der Waals surface area contributed by atoms with Crippen LogP contribution in [0.2, 0.25) is 0 Å². The SMILES string of the molecule is C#C[C@@H]1CN2CC[C@H]1C[C@@H]2CN(Cc1ccco1)Cc1ccco1. The summed E-state index contributed by atoms with van der Waals surface area (Å²) in [7, 11) is 0. The van der Waals surface area contributed by atoms with Crippen molar-refractivity contribution in [1.82, 2.24) is 9.80 Å². The number of furan rings is 2. The Hall–Kier alpha value is -1.96. The van der Waals surface area contributed by atoms with Gasteiger partial charge in [0.25, 0.3) is 0 Å². The lowest BCUT2D eigenvalue weighted by Gasteiger charge is -2.49. The lowest BCUT2D eigenvalue weighted by Crippen LogP contribution is -2.56. The van der Waals surface area contributed by atoms with Crippen molar-refractivity contribution in [1.29, 1.82) is 0 Å². The average molecular weight is 324 g/mol. The quantitative estimate of drug-likeness (QED) is 0.764. The Balaban J connectivity index is 1.44. The van der Waals surface area contributed by atoms with Crippen molar-refractivity contribution in [2.75, 3.05) is 19.6 Å². The summed E-state index contributed by atoms with van der Waals surface area (Å²) in [6.07, 6.45) is 11.6. The van der Waals surface area contributed by atoms with Crippen molar-refractivity contribution in [3.05, 3.63) is 48.3 Å². The average Bonchev–Trinajstić information content (AvgIpc) is 3.29. The maximum absolute atomic E-state index is 5.71. The van der Waals surface area contributed by atoms with E-state index in [1.54, 1.807) is 12.5 Å². The molecular formula is C20H24N2O2. The van der Waals surface area contributed by atoms with Crippen LogP contribution in [0.3, 0.4) is 0 Å². The van der Waals surface area contributed by atoms with Gasteiger partial charge < -0.3 is 8.83 Å². The first kappa shape index (κ1) is 15.6. The minimum atomic E-state index is 0.443. The molecule has 3 saturated heterocycles. The molecule has 0 aliphatic carbocycles. The summed E-state index contributed by atoms with van der Waals surface area (Å²) in [5.41, 5.74) is 0. The Kier molecular flexibility index (Phi) is 4.46. The molecule has 24 heavy (non-hydrogen) atoms. The number of terminal acetylenes is 1. The summed E-state index contributed by atoms with van der Waals surface area (Å²) in [4.78, 5) is 5.01. The summed E-state index contributed by atoms with van der Waals surface area (Å²) in [6.45, 7) is 4.88. The van der Waals surface area contributed by atoms with E-state index < -0.39 is 0 Å². The molecule has 0 N–H and O–H groups in total. The van der Waals surface area contributed by atoms with Crippen LogP contribution >= 0.6 is 0 Å². The van der Waals surface area contributed by atoms with Gasteiger partial charge in [-0.2, -0.15) is 0 Å². The fourth-order valence-corrected chi connectivity index (χ4v) is 4.25. The molecule has 0 aromatic carbocycles. The Morgan fingerprint density at radius 1 is 1.17 bits per heavy atom. The van der Waals surface area contributed by atoms with Crippen molar-refractivity contribution >= 4 is 0 Å². The third kappa shape index (κ3) is 3.28. The van der Waals surface area contributed by atoms with Crippen molar-refractivity contribution in [2.24, 2.45) is 11.8 Å². The molecular weight excluding hydrogens is 300 g/mol. The lowest BCUT2D eigenvalue weighted by atomic mass is 9.76. The zero-order chi connectivity index (χ0) is 16.4. The summed E-state index contributed by atoms with van der Waals surface area (Å²) < 4.78 is 11.1.